The number of fused-ring (bicyclic) bond motifs is 1. The predicted molar refractivity (Wildman–Crippen MR) is 141 cm³/mol. The summed E-state index contributed by atoms with van der Waals surface area (Å²) in [6, 6.07) is 7.60. The summed E-state index contributed by atoms with van der Waals surface area (Å²) in [5.74, 6) is 1.67. The van der Waals surface area contributed by atoms with E-state index in [0.29, 0.717) is 24.7 Å². The van der Waals surface area contributed by atoms with Crippen LogP contribution in [-0.2, 0) is 11.8 Å². The Morgan fingerprint density at radius 1 is 1.22 bits per heavy atom. The van der Waals surface area contributed by atoms with E-state index in [-0.39, 0.29) is 6.42 Å². The van der Waals surface area contributed by atoms with Crippen molar-refractivity contribution in [3.63, 3.8) is 0 Å². The number of pyridine rings is 1. The number of imidazole rings is 1. The van der Waals surface area contributed by atoms with E-state index in [2.05, 4.69) is 14.9 Å². The molecule has 0 amide bonds. The number of piperidine rings is 1. The van der Waals surface area contributed by atoms with Crippen LogP contribution in [0, 0.1) is 11.8 Å². The molecular weight excluding hydrogens is 476 g/mol. The van der Waals surface area contributed by atoms with Crippen LogP contribution < -0.4 is 4.74 Å². The Balaban J connectivity index is 1.36. The number of carboxylic acids is 1. The SMILES string of the molecule is COc1ccc2nccc(C(O)CC[C@@H]3CCN(CCSc4nccn4C)C[C@@H]3CCC(=O)O)c2c1. The molecule has 1 unspecified atom stereocenters. The second-order valence-electron chi connectivity index (χ2n) is 9.59. The maximum absolute atomic E-state index is 11.3. The first-order valence-corrected chi connectivity index (χ1v) is 13.6. The van der Waals surface area contributed by atoms with Crippen molar-refractivity contribution in [1.29, 1.82) is 0 Å². The molecule has 3 atom stereocenters. The predicted octanol–water partition coefficient (Wildman–Crippen LogP) is 4.39. The van der Waals surface area contributed by atoms with E-state index in [9.17, 15) is 15.0 Å². The number of hydrogen-bond donors (Lipinski definition) is 2. The quantitative estimate of drug-likeness (QED) is 0.345. The topological polar surface area (TPSA) is 101 Å². The highest BCUT2D eigenvalue weighted by atomic mass is 32.2. The molecule has 1 saturated heterocycles. The average Bonchev–Trinajstić information content (AvgIpc) is 3.30. The second kappa shape index (κ2) is 12.6. The van der Waals surface area contributed by atoms with Crippen LogP contribution in [0.2, 0.25) is 0 Å². The monoisotopic (exact) mass is 512 g/mol. The molecule has 1 aliphatic rings. The fourth-order valence-corrected chi connectivity index (χ4v) is 6.16. The van der Waals surface area contributed by atoms with Gasteiger partial charge in [0.15, 0.2) is 5.16 Å². The molecule has 0 spiro atoms. The zero-order valence-electron chi connectivity index (χ0n) is 21.0. The van der Waals surface area contributed by atoms with Gasteiger partial charge in [-0.25, -0.2) is 4.98 Å². The lowest BCUT2D eigenvalue weighted by atomic mass is 9.79. The van der Waals surface area contributed by atoms with Crippen LogP contribution in [0.1, 0.15) is 43.8 Å². The molecule has 0 radical (unpaired) electrons. The Labute approximate surface area is 216 Å². The summed E-state index contributed by atoms with van der Waals surface area (Å²) in [6.07, 6.45) is 8.30. The number of likely N-dealkylation sites (tertiary alicyclic amines) is 1. The number of nitrogens with zero attached hydrogens (tertiary/aromatic N) is 4. The number of aliphatic carboxylic acids is 1. The van der Waals surface area contributed by atoms with Crippen LogP contribution in [-0.4, -0.2) is 68.1 Å². The summed E-state index contributed by atoms with van der Waals surface area (Å²) in [4.78, 5) is 22.6. The number of carboxylic acid groups (broad SMARTS) is 1. The number of aliphatic hydroxyl groups excluding tert-OH is 1. The molecule has 0 bridgehead atoms. The van der Waals surface area contributed by atoms with Crippen molar-refractivity contribution in [3.05, 3.63) is 48.4 Å². The summed E-state index contributed by atoms with van der Waals surface area (Å²) < 4.78 is 7.40. The number of thioether (sulfide) groups is 1. The third-order valence-electron chi connectivity index (χ3n) is 7.27. The smallest absolute Gasteiger partial charge is 0.303 e. The lowest BCUT2D eigenvalue weighted by Gasteiger charge is -2.39. The minimum absolute atomic E-state index is 0.189. The maximum Gasteiger partial charge on any atom is 0.303 e. The van der Waals surface area contributed by atoms with Gasteiger partial charge in [-0.1, -0.05) is 11.8 Å². The van der Waals surface area contributed by atoms with Gasteiger partial charge in [0.1, 0.15) is 5.75 Å². The number of ether oxygens (including phenoxy) is 1. The van der Waals surface area contributed by atoms with Gasteiger partial charge in [-0.2, -0.15) is 0 Å². The summed E-state index contributed by atoms with van der Waals surface area (Å²) >= 11 is 1.75. The van der Waals surface area contributed by atoms with Gasteiger partial charge in [-0.3, -0.25) is 9.78 Å². The number of methoxy groups -OCH3 is 1. The second-order valence-corrected chi connectivity index (χ2v) is 10.6. The van der Waals surface area contributed by atoms with Gasteiger partial charge in [-0.15, -0.1) is 0 Å². The van der Waals surface area contributed by atoms with Crippen molar-refractivity contribution in [2.75, 3.05) is 32.5 Å². The molecule has 1 aromatic carbocycles. The summed E-state index contributed by atoms with van der Waals surface area (Å²) in [5, 5.41) is 22.3. The summed E-state index contributed by atoms with van der Waals surface area (Å²) in [5.41, 5.74) is 1.70. The van der Waals surface area contributed by atoms with Crippen molar-refractivity contribution in [3.8, 4) is 5.75 Å². The van der Waals surface area contributed by atoms with Crippen molar-refractivity contribution < 1.29 is 19.7 Å². The Hall–Kier alpha value is -2.62. The van der Waals surface area contributed by atoms with Gasteiger partial charge in [0.2, 0.25) is 0 Å². The van der Waals surface area contributed by atoms with Crippen molar-refractivity contribution in [2.45, 2.75) is 43.4 Å². The molecule has 36 heavy (non-hydrogen) atoms. The number of carbonyl (C=O) groups is 1. The molecule has 0 saturated carbocycles. The molecule has 2 aromatic heterocycles. The van der Waals surface area contributed by atoms with Gasteiger partial charge in [0.25, 0.3) is 0 Å². The standard InChI is InChI=1S/C27H36N4O4S/c1-30-14-12-29-27(30)36-16-15-31-13-10-19(20(18-31)4-8-26(33)34)3-7-25(32)22-9-11-28-24-6-5-21(35-2)17-23(22)24/h5-6,9,11-12,14,17,19-20,25,32H,3-4,7-8,10,13,15-16,18H2,1-2H3,(H,33,34)/t19-,20+,25?/m1/s1. The molecule has 9 heteroatoms. The zero-order chi connectivity index (χ0) is 25.5. The molecule has 0 aliphatic carbocycles. The fraction of sp³-hybridized carbons (Fsp3) is 0.519. The van der Waals surface area contributed by atoms with Gasteiger partial charge < -0.3 is 24.4 Å². The van der Waals surface area contributed by atoms with E-state index in [1.807, 2.05) is 48.3 Å². The Bertz CT molecular complexity index is 1150. The fourth-order valence-electron chi connectivity index (χ4n) is 5.22. The molecule has 3 aromatic rings. The van der Waals surface area contributed by atoms with E-state index in [1.165, 1.54) is 0 Å². The zero-order valence-corrected chi connectivity index (χ0v) is 21.9. The third-order valence-corrected chi connectivity index (χ3v) is 8.31. The first kappa shape index (κ1) is 26.4. The molecule has 1 aliphatic heterocycles. The molecule has 4 rings (SSSR count). The van der Waals surface area contributed by atoms with Gasteiger partial charge in [-0.05, 0) is 73.9 Å². The van der Waals surface area contributed by atoms with Gasteiger partial charge in [0.05, 0.1) is 18.7 Å². The van der Waals surface area contributed by atoms with E-state index >= 15 is 0 Å². The maximum atomic E-state index is 11.3. The van der Waals surface area contributed by atoms with Crippen molar-refractivity contribution in [1.82, 2.24) is 19.4 Å². The normalized spacial score (nSPS) is 19.4. The minimum Gasteiger partial charge on any atom is -0.497 e. The van der Waals surface area contributed by atoms with E-state index in [0.717, 1.165) is 65.6 Å². The lowest BCUT2D eigenvalue weighted by Crippen LogP contribution is -2.41. The molecule has 1 fully saturated rings. The first-order chi connectivity index (χ1) is 17.4. The van der Waals surface area contributed by atoms with E-state index < -0.39 is 12.1 Å². The van der Waals surface area contributed by atoms with Crippen molar-refractivity contribution in [2.24, 2.45) is 18.9 Å². The van der Waals surface area contributed by atoms with Crippen LogP contribution in [0.5, 0.6) is 5.75 Å². The summed E-state index contributed by atoms with van der Waals surface area (Å²) in [7, 11) is 3.64. The largest absolute Gasteiger partial charge is 0.497 e. The van der Waals surface area contributed by atoms with Gasteiger partial charge >= 0.3 is 5.97 Å². The number of hydrogen-bond acceptors (Lipinski definition) is 7. The van der Waals surface area contributed by atoms with Gasteiger partial charge in [0, 0.05) is 56.3 Å². The lowest BCUT2D eigenvalue weighted by molar-refractivity contribution is -0.137. The van der Waals surface area contributed by atoms with Crippen LogP contribution in [0.15, 0.2) is 48.0 Å². The van der Waals surface area contributed by atoms with Crippen LogP contribution in [0.4, 0.5) is 0 Å². The van der Waals surface area contributed by atoms with Crippen LogP contribution in [0.3, 0.4) is 0 Å². The third kappa shape index (κ3) is 6.78. The van der Waals surface area contributed by atoms with E-state index in [1.54, 1.807) is 25.1 Å². The number of rotatable bonds is 12. The highest BCUT2D eigenvalue weighted by molar-refractivity contribution is 7.99. The molecule has 194 valence electrons. The Morgan fingerprint density at radius 3 is 2.83 bits per heavy atom. The number of benzene rings is 1. The average molecular weight is 513 g/mol. The number of aryl methyl sites for hydroxylation is 1. The number of aliphatic hydroxyl groups is 1. The molecule has 8 nitrogen and oxygen atoms in total. The highest BCUT2D eigenvalue weighted by Crippen LogP contribution is 2.35. The number of aromatic nitrogens is 3. The van der Waals surface area contributed by atoms with Crippen LogP contribution in [0.25, 0.3) is 10.9 Å². The van der Waals surface area contributed by atoms with Crippen LogP contribution >= 0.6 is 11.8 Å². The summed E-state index contributed by atoms with van der Waals surface area (Å²) in [6.45, 7) is 2.87. The molecule has 3 heterocycles. The van der Waals surface area contributed by atoms with Crippen molar-refractivity contribution >= 4 is 28.6 Å². The van der Waals surface area contributed by atoms with E-state index in [4.69, 9.17) is 4.74 Å². The highest BCUT2D eigenvalue weighted by Gasteiger charge is 2.30. The molecular formula is C27H36N4O4S. The minimum atomic E-state index is -0.742. The Morgan fingerprint density at radius 2 is 2.08 bits per heavy atom. The Kier molecular flexibility index (Phi) is 9.23. The molecule has 2 N–H and O–H groups in total. The first-order valence-electron chi connectivity index (χ1n) is 12.6.